The molecule has 0 aliphatic rings. The molecule has 0 bridgehead atoms. The highest BCUT2D eigenvalue weighted by Gasteiger charge is 2.13. The zero-order chi connectivity index (χ0) is 29.1. The average Bonchev–Trinajstić information content (AvgIpc) is 2.88. The van der Waals surface area contributed by atoms with Crippen molar-refractivity contribution in [2.75, 3.05) is 0 Å². The number of hydrogen-bond donors (Lipinski definition) is 4. The standard InChI is InChI=1S/C30H26N4O6/c1-15-9-19(10-16(2)27(15)33-31-21-5-7-25(35)23(13-21)29(37)38)20-11-17(3)28(18(4)12-20)34-32-22-6-8-26(36)24(14-22)30(39)40/h5-14,35-36H,1-4H3,(H,37,38)(H,39,40). The molecule has 10 nitrogen and oxygen atoms in total. The summed E-state index contributed by atoms with van der Waals surface area (Å²) in [6.45, 7) is 7.65. The Bertz CT molecular complexity index is 1550. The average molecular weight is 539 g/mol. The Morgan fingerprint density at radius 3 is 1.15 bits per heavy atom. The van der Waals surface area contributed by atoms with Crippen molar-refractivity contribution in [1.29, 1.82) is 0 Å². The van der Waals surface area contributed by atoms with E-state index >= 15 is 0 Å². The van der Waals surface area contributed by atoms with Crippen molar-refractivity contribution >= 4 is 34.7 Å². The SMILES string of the molecule is Cc1cc(-c2cc(C)c(N=Nc3ccc(O)c(C(=O)O)c3)c(C)c2)cc(C)c1N=Nc1ccc(O)c(C(=O)O)c1. The highest BCUT2D eigenvalue weighted by Crippen LogP contribution is 2.36. The Balaban J connectivity index is 1.62. The molecule has 0 saturated heterocycles. The third-order valence-corrected chi connectivity index (χ3v) is 6.27. The van der Waals surface area contributed by atoms with E-state index in [1.807, 2.05) is 52.0 Å². The molecule has 4 rings (SSSR count). The van der Waals surface area contributed by atoms with Gasteiger partial charge >= 0.3 is 11.9 Å². The van der Waals surface area contributed by atoms with Gasteiger partial charge in [-0.15, -0.1) is 0 Å². The van der Waals surface area contributed by atoms with Gasteiger partial charge in [0.05, 0.1) is 22.7 Å². The minimum absolute atomic E-state index is 0.248. The van der Waals surface area contributed by atoms with Crippen molar-refractivity contribution in [2.45, 2.75) is 27.7 Å². The van der Waals surface area contributed by atoms with Crippen molar-refractivity contribution < 1.29 is 30.0 Å². The van der Waals surface area contributed by atoms with Crippen LogP contribution in [0.2, 0.25) is 0 Å². The van der Waals surface area contributed by atoms with Crippen LogP contribution < -0.4 is 0 Å². The van der Waals surface area contributed by atoms with Crippen LogP contribution in [0.5, 0.6) is 11.5 Å². The summed E-state index contributed by atoms with van der Waals surface area (Å²) in [4.78, 5) is 22.5. The molecule has 0 heterocycles. The van der Waals surface area contributed by atoms with Crippen LogP contribution in [0, 0.1) is 27.7 Å². The number of carboxylic acid groups (broad SMARTS) is 2. The number of hydrogen-bond acceptors (Lipinski definition) is 8. The predicted molar refractivity (Wildman–Crippen MR) is 149 cm³/mol. The van der Waals surface area contributed by atoms with Crippen molar-refractivity contribution in [3.05, 3.63) is 94.0 Å². The molecule has 0 unspecified atom stereocenters. The highest BCUT2D eigenvalue weighted by atomic mass is 16.4. The molecule has 0 aliphatic carbocycles. The smallest absolute Gasteiger partial charge is 0.339 e. The van der Waals surface area contributed by atoms with Gasteiger partial charge in [-0.05, 0) is 122 Å². The fourth-order valence-corrected chi connectivity index (χ4v) is 4.29. The summed E-state index contributed by atoms with van der Waals surface area (Å²) in [6.07, 6.45) is 0. The first-order valence-corrected chi connectivity index (χ1v) is 12.1. The van der Waals surface area contributed by atoms with Gasteiger partial charge in [0.1, 0.15) is 22.6 Å². The maximum atomic E-state index is 11.3. The van der Waals surface area contributed by atoms with Crippen LogP contribution in [0.4, 0.5) is 22.7 Å². The molecule has 0 spiro atoms. The Kier molecular flexibility index (Phi) is 7.71. The molecule has 0 aromatic heterocycles. The molecule has 4 aromatic rings. The van der Waals surface area contributed by atoms with Crippen LogP contribution in [-0.4, -0.2) is 32.4 Å². The molecule has 10 heteroatoms. The molecule has 202 valence electrons. The van der Waals surface area contributed by atoms with Crippen molar-refractivity contribution in [3.63, 3.8) is 0 Å². The monoisotopic (exact) mass is 538 g/mol. The van der Waals surface area contributed by atoms with Crippen LogP contribution in [0.3, 0.4) is 0 Å². The third-order valence-electron chi connectivity index (χ3n) is 6.27. The number of nitrogens with zero attached hydrogens (tertiary/aromatic N) is 4. The van der Waals surface area contributed by atoms with E-state index < -0.39 is 11.9 Å². The van der Waals surface area contributed by atoms with E-state index in [4.69, 9.17) is 0 Å². The van der Waals surface area contributed by atoms with Gasteiger partial charge in [0.15, 0.2) is 0 Å². The maximum absolute atomic E-state index is 11.3. The van der Waals surface area contributed by atoms with E-state index in [2.05, 4.69) is 20.5 Å². The van der Waals surface area contributed by atoms with E-state index in [1.54, 1.807) is 0 Å². The first-order chi connectivity index (χ1) is 18.9. The number of aromatic carboxylic acids is 2. The molecule has 4 aromatic carbocycles. The van der Waals surface area contributed by atoms with Gasteiger partial charge in [-0.1, -0.05) is 0 Å². The Morgan fingerprint density at radius 2 is 0.850 bits per heavy atom. The summed E-state index contributed by atoms with van der Waals surface area (Å²) in [5.74, 6) is -3.18. The maximum Gasteiger partial charge on any atom is 0.339 e. The molecule has 40 heavy (non-hydrogen) atoms. The summed E-state index contributed by atoms with van der Waals surface area (Å²) in [5.41, 5.74) is 6.84. The lowest BCUT2D eigenvalue weighted by Crippen LogP contribution is -1.95. The number of carbonyl (C=O) groups is 2. The van der Waals surface area contributed by atoms with Crippen LogP contribution in [-0.2, 0) is 0 Å². The van der Waals surface area contributed by atoms with E-state index in [1.165, 1.54) is 36.4 Å². The summed E-state index contributed by atoms with van der Waals surface area (Å²) < 4.78 is 0. The number of aromatic hydroxyl groups is 2. The van der Waals surface area contributed by atoms with E-state index in [-0.39, 0.29) is 22.6 Å². The van der Waals surface area contributed by atoms with E-state index in [0.717, 1.165) is 33.4 Å². The number of aryl methyl sites for hydroxylation is 4. The molecule has 0 radical (unpaired) electrons. The van der Waals surface area contributed by atoms with Gasteiger partial charge in [-0.3, -0.25) is 0 Å². The minimum Gasteiger partial charge on any atom is -0.507 e. The van der Waals surface area contributed by atoms with Crippen molar-refractivity contribution in [1.82, 2.24) is 0 Å². The van der Waals surface area contributed by atoms with Gasteiger partial charge in [0, 0.05) is 0 Å². The third kappa shape index (κ3) is 5.86. The van der Waals surface area contributed by atoms with Crippen LogP contribution in [0.25, 0.3) is 11.1 Å². The normalized spacial score (nSPS) is 11.4. The molecular weight excluding hydrogens is 512 g/mol. The second kappa shape index (κ2) is 11.2. The van der Waals surface area contributed by atoms with Crippen LogP contribution in [0.15, 0.2) is 81.1 Å². The lowest BCUT2D eigenvalue weighted by molar-refractivity contribution is 0.0682. The molecule has 0 atom stereocenters. The number of carboxylic acids is 2. The van der Waals surface area contributed by atoms with Crippen LogP contribution in [0.1, 0.15) is 43.0 Å². The lowest BCUT2D eigenvalue weighted by Gasteiger charge is -2.12. The Labute approximate surface area is 229 Å². The summed E-state index contributed by atoms with van der Waals surface area (Å²) >= 11 is 0. The van der Waals surface area contributed by atoms with Gasteiger partial charge in [0.25, 0.3) is 0 Å². The first kappa shape index (κ1) is 27.6. The number of benzene rings is 4. The molecule has 0 fully saturated rings. The fraction of sp³-hybridized carbons (Fsp3) is 0.133. The second-order valence-corrected chi connectivity index (χ2v) is 9.33. The Morgan fingerprint density at radius 1 is 0.525 bits per heavy atom. The predicted octanol–water partition coefficient (Wildman–Crippen LogP) is 8.23. The number of rotatable bonds is 7. The summed E-state index contributed by atoms with van der Waals surface area (Å²) in [6, 6.07) is 16.0. The second-order valence-electron chi connectivity index (χ2n) is 9.33. The van der Waals surface area contributed by atoms with Crippen molar-refractivity contribution in [2.24, 2.45) is 20.5 Å². The van der Waals surface area contributed by atoms with E-state index in [9.17, 15) is 30.0 Å². The first-order valence-electron chi connectivity index (χ1n) is 12.1. The number of azo groups is 2. The van der Waals surface area contributed by atoms with Gasteiger partial charge < -0.3 is 20.4 Å². The fourth-order valence-electron chi connectivity index (χ4n) is 4.29. The minimum atomic E-state index is -1.25. The largest absolute Gasteiger partial charge is 0.507 e. The zero-order valence-corrected chi connectivity index (χ0v) is 22.2. The zero-order valence-electron chi connectivity index (χ0n) is 22.2. The molecule has 0 aliphatic heterocycles. The van der Waals surface area contributed by atoms with Gasteiger partial charge in [-0.2, -0.15) is 20.5 Å². The van der Waals surface area contributed by atoms with Gasteiger partial charge in [-0.25, -0.2) is 9.59 Å². The van der Waals surface area contributed by atoms with Gasteiger partial charge in [0.2, 0.25) is 0 Å². The molecular formula is C30H26N4O6. The highest BCUT2D eigenvalue weighted by molar-refractivity contribution is 5.92. The van der Waals surface area contributed by atoms with Crippen molar-refractivity contribution in [3.8, 4) is 22.6 Å². The molecule has 0 saturated carbocycles. The summed E-state index contributed by atoms with van der Waals surface area (Å²) in [7, 11) is 0. The molecule has 4 N–H and O–H groups in total. The number of phenols is 2. The Hall–Kier alpha value is -5.38. The summed E-state index contributed by atoms with van der Waals surface area (Å²) in [5, 5.41) is 54.8. The van der Waals surface area contributed by atoms with E-state index in [0.29, 0.717) is 22.7 Å². The topological polar surface area (TPSA) is 164 Å². The van der Waals surface area contributed by atoms with Crippen LogP contribution >= 0.6 is 0 Å². The quantitative estimate of drug-likeness (QED) is 0.173. The molecule has 0 amide bonds. The lowest BCUT2D eigenvalue weighted by atomic mass is 9.95.